The van der Waals surface area contributed by atoms with Gasteiger partial charge in [-0.05, 0) is 22.6 Å². The van der Waals surface area contributed by atoms with Crippen molar-refractivity contribution in [3.8, 4) is 0 Å². The van der Waals surface area contributed by atoms with Crippen molar-refractivity contribution in [1.82, 2.24) is 25.2 Å². The maximum atomic E-state index is 13.0. The van der Waals surface area contributed by atoms with Crippen LogP contribution < -0.4 is 10.6 Å². The third-order valence-electron chi connectivity index (χ3n) is 2.51. The lowest BCUT2D eigenvalue weighted by molar-refractivity contribution is -0.141. The summed E-state index contributed by atoms with van der Waals surface area (Å²) < 4.78 is 40.0. The molecular weight excluding hydrogens is 291 g/mol. The Hall–Kier alpha value is -2.72. The van der Waals surface area contributed by atoms with Crippen molar-refractivity contribution in [3.05, 3.63) is 23.4 Å². The molecule has 0 saturated carbocycles. The predicted molar refractivity (Wildman–Crippen MR) is 65.5 cm³/mol. The van der Waals surface area contributed by atoms with Crippen molar-refractivity contribution in [1.29, 1.82) is 0 Å². The number of alkyl halides is 3. The Kier molecular flexibility index (Phi) is 3.74. The van der Waals surface area contributed by atoms with Gasteiger partial charge in [-0.25, -0.2) is 9.67 Å². The number of halogens is 3. The highest BCUT2D eigenvalue weighted by atomic mass is 19.4. The predicted octanol–water partition coefficient (Wildman–Crippen LogP) is 0.918. The van der Waals surface area contributed by atoms with Gasteiger partial charge in [-0.15, -0.1) is 0 Å². The molecule has 21 heavy (non-hydrogen) atoms. The van der Waals surface area contributed by atoms with E-state index in [1.165, 1.54) is 20.2 Å². The Bertz CT molecular complexity index is 667. The zero-order valence-electron chi connectivity index (χ0n) is 10.9. The van der Waals surface area contributed by atoms with Crippen LogP contribution in [0.5, 0.6) is 0 Å². The average Bonchev–Trinajstić information content (AvgIpc) is 2.82. The van der Waals surface area contributed by atoms with Gasteiger partial charge in [0.2, 0.25) is 5.95 Å². The first-order valence-corrected chi connectivity index (χ1v) is 5.62. The van der Waals surface area contributed by atoms with E-state index >= 15 is 0 Å². The summed E-state index contributed by atoms with van der Waals surface area (Å²) in [6.45, 7) is 0. The number of hydrogen-bond acceptors (Lipinski definition) is 6. The van der Waals surface area contributed by atoms with Crippen LogP contribution >= 0.6 is 0 Å². The summed E-state index contributed by atoms with van der Waals surface area (Å²) in [6, 6.07) is 2.29. The van der Waals surface area contributed by atoms with E-state index in [9.17, 15) is 18.0 Å². The topological polar surface area (TPSA) is 97.6 Å². The Labute approximate surface area is 116 Å². The van der Waals surface area contributed by atoms with E-state index < -0.39 is 23.3 Å². The summed E-state index contributed by atoms with van der Waals surface area (Å²) in [5, 5.41) is 14.8. The van der Waals surface area contributed by atoms with Gasteiger partial charge in [-0.2, -0.15) is 13.2 Å². The Morgan fingerprint density at radius 2 is 2.05 bits per heavy atom. The minimum absolute atomic E-state index is 0.000741. The molecule has 0 unspecified atom stereocenters. The van der Waals surface area contributed by atoms with Crippen molar-refractivity contribution < 1.29 is 18.0 Å². The summed E-state index contributed by atoms with van der Waals surface area (Å²) in [6.07, 6.45) is -4.77. The second-order valence-corrected chi connectivity index (χ2v) is 3.92. The van der Waals surface area contributed by atoms with E-state index in [4.69, 9.17) is 0 Å². The highest BCUT2D eigenvalue weighted by molar-refractivity contribution is 6.04. The second-order valence-electron chi connectivity index (χ2n) is 3.92. The molecule has 2 aromatic heterocycles. The molecule has 0 aliphatic rings. The first-order chi connectivity index (χ1) is 9.82. The molecule has 0 fully saturated rings. The van der Waals surface area contributed by atoms with E-state index in [2.05, 4.69) is 31.1 Å². The fourth-order valence-corrected chi connectivity index (χ4v) is 1.50. The van der Waals surface area contributed by atoms with Gasteiger partial charge >= 0.3 is 6.18 Å². The molecule has 1 amide bonds. The van der Waals surface area contributed by atoms with Gasteiger partial charge in [0, 0.05) is 14.1 Å². The van der Waals surface area contributed by atoms with E-state index in [0.29, 0.717) is 0 Å². The highest BCUT2D eigenvalue weighted by Crippen LogP contribution is 2.31. The first-order valence-electron chi connectivity index (χ1n) is 5.62. The van der Waals surface area contributed by atoms with Crippen LogP contribution in [0.4, 0.5) is 24.9 Å². The summed E-state index contributed by atoms with van der Waals surface area (Å²) >= 11 is 0. The van der Waals surface area contributed by atoms with Gasteiger partial charge in [0.25, 0.3) is 5.91 Å². The maximum Gasteiger partial charge on any atom is 0.434 e. The average molecular weight is 301 g/mol. The smallest absolute Gasteiger partial charge is 0.373 e. The van der Waals surface area contributed by atoms with Gasteiger partial charge in [-0.1, -0.05) is 5.10 Å². The van der Waals surface area contributed by atoms with Gasteiger partial charge < -0.3 is 5.32 Å². The Balaban J connectivity index is 2.39. The van der Waals surface area contributed by atoms with Crippen LogP contribution in [0.25, 0.3) is 0 Å². The number of rotatable bonds is 3. The molecule has 11 heteroatoms. The number of hydrogen-bond donors (Lipinski definition) is 2. The summed E-state index contributed by atoms with van der Waals surface area (Å²) in [5.74, 6) is -1.08. The molecule has 0 bridgehead atoms. The Morgan fingerprint density at radius 1 is 1.33 bits per heavy atom. The minimum atomic E-state index is -4.77. The van der Waals surface area contributed by atoms with Crippen molar-refractivity contribution in [2.45, 2.75) is 6.18 Å². The van der Waals surface area contributed by atoms with Crippen LogP contribution in [0.15, 0.2) is 12.1 Å². The lowest BCUT2D eigenvalue weighted by atomic mass is 10.1. The standard InChI is InChI=1S/C10H10F3N7O/c1-14-6-4-3-5(7(15-6)10(11,12)13)8(21)16-9-17-18-19-20(9)2/h3-4H,1-2H3,(H,14,15)(H,16,17,19,21). The molecule has 0 aliphatic heterocycles. The normalized spacial score (nSPS) is 11.3. The molecule has 2 rings (SSSR count). The van der Waals surface area contributed by atoms with Crippen LogP contribution in [-0.2, 0) is 13.2 Å². The van der Waals surface area contributed by atoms with Gasteiger partial charge in [0.1, 0.15) is 5.82 Å². The Morgan fingerprint density at radius 3 is 2.57 bits per heavy atom. The SMILES string of the molecule is CNc1ccc(C(=O)Nc2nnnn2C)c(C(F)(F)F)n1. The number of aromatic nitrogens is 5. The number of nitrogens with zero attached hydrogens (tertiary/aromatic N) is 5. The molecule has 2 heterocycles. The lowest BCUT2D eigenvalue weighted by Crippen LogP contribution is -2.22. The molecule has 2 N–H and O–H groups in total. The van der Waals surface area contributed by atoms with Crippen molar-refractivity contribution in [3.63, 3.8) is 0 Å². The van der Waals surface area contributed by atoms with Crippen molar-refractivity contribution in [2.75, 3.05) is 17.7 Å². The van der Waals surface area contributed by atoms with E-state index in [-0.39, 0.29) is 11.8 Å². The number of anilines is 2. The molecular formula is C10H10F3N7O. The number of tetrazole rings is 1. The molecule has 0 aliphatic carbocycles. The third-order valence-corrected chi connectivity index (χ3v) is 2.51. The van der Waals surface area contributed by atoms with E-state index in [1.807, 2.05) is 0 Å². The minimum Gasteiger partial charge on any atom is -0.373 e. The highest BCUT2D eigenvalue weighted by Gasteiger charge is 2.37. The number of aryl methyl sites for hydroxylation is 1. The van der Waals surface area contributed by atoms with Crippen LogP contribution in [0.3, 0.4) is 0 Å². The maximum absolute atomic E-state index is 13.0. The number of amides is 1. The van der Waals surface area contributed by atoms with Crippen LogP contribution in [0.2, 0.25) is 0 Å². The zero-order valence-corrected chi connectivity index (χ0v) is 10.9. The molecule has 2 aromatic rings. The second kappa shape index (κ2) is 5.34. The lowest BCUT2D eigenvalue weighted by Gasteiger charge is -2.12. The number of pyridine rings is 1. The van der Waals surface area contributed by atoms with Crippen LogP contribution in [0, 0.1) is 0 Å². The summed E-state index contributed by atoms with van der Waals surface area (Å²) in [7, 11) is 2.86. The molecule has 8 nitrogen and oxygen atoms in total. The van der Waals surface area contributed by atoms with Gasteiger partial charge in [0.05, 0.1) is 5.56 Å². The fourth-order valence-electron chi connectivity index (χ4n) is 1.50. The largest absolute Gasteiger partial charge is 0.434 e. The molecule has 0 saturated heterocycles. The van der Waals surface area contributed by atoms with E-state index in [1.54, 1.807) is 0 Å². The summed E-state index contributed by atoms with van der Waals surface area (Å²) in [5.41, 5.74) is -1.91. The quantitative estimate of drug-likeness (QED) is 0.875. The number of carbonyl (C=O) groups is 1. The van der Waals surface area contributed by atoms with Crippen molar-refractivity contribution >= 4 is 17.7 Å². The molecule has 0 aromatic carbocycles. The first kappa shape index (κ1) is 14.7. The number of nitrogens with one attached hydrogen (secondary N) is 2. The van der Waals surface area contributed by atoms with Gasteiger partial charge in [-0.3, -0.25) is 10.1 Å². The molecule has 0 radical (unpaired) electrons. The third kappa shape index (κ3) is 3.07. The van der Waals surface area contributed by atoms with Crippen LogP contribution in [-0.4, -0.2) is 38.1 Å². The van der Waals surface area contributed by atoms with E-state index in [0.717, 1.165) is 10.7 Å². The van der Waals surface area contributed by atoms with Crippen LogP contribution in [0.1, 0.15) is 16.1 Å². The van der Waals surface area contributed by atoms with Gasteiger partial charge in [0.15, 0.2) is 5.69 Å². The monoisotopic (exact) mass is 301 g/mol. The molecule has 0 spiro atoms. The number of carbonyl (C=O) groups excluding carboxylic acids is 1. The fraction of sp³-hybridized carbons (Fsp3) is 0.300. The zero-order chi connectivity index (χ0) is 15.6. The molecule has 112 valence electrons. The van der Waals surface area contributed by atoms with Crippen molar-refractivity contribution in [2.24, 2.45) is 7.05 Å². The molecule has 0 atom stereocenters. The summed E-state index contributed by atoms with van der Waals surface area (Å²) in [4.78, 5) is 15.3.